The van der Waals surface area contributed by atoms with E-state index in [1.54, 1.807) is 31.2 Å². The van der Waals surface area contributed by atoms with Crippen LogP contribution < -0.4 is 11.1 Å². The Balaban J connectivity index is 2.48. The number of nitrogens with one attached hydrogen (secondary N) is 1. The molecule has 0 heterocycles. The van der Waals surface area contributed by atoms with Gasteiger partial charge in [-0.15, -0.1) is 0 Å². The highest BCUT2D eigenvalue weighted by atomic mass is 32.2. The quantitative estimate of drug-likeness (QED) is 0.765. The fourth-order valence-corrected chi connectivity index (χ4v) is 2.82. The van der Waals surface area contributed by atoms with Crippen LogP contribution in [0.15, 0.2) is 24.3 Å². The van der Waals surface area contributed by atoms with E-state index in [-0.39, 0.29) is 23.8 Å². The minimum atomic E-state index is -3.11. The number of nitrogen functional groups attached to an aromatic ring is 1. The molecule has 0 radical (unpaired) electrons. The molecule has 0 aromatic heterocycles. The van der Waals surface area contributed by atoms with Gasteiger partial charge in [-0.3, -0.25) is 4.79 Å². The predicted octanol–water partition coefficient (Wildman–Crippen LogP) is 1.42. The van der Waals surface area contributed by atoms with E-state index in [0.717, 1.165) is 0 Å². The molecule has 0 atom stereocenters. The minimum Gasteiger partial charge on any atom is -0.399 e. The molecule has 0 aliphatic rings. The molecule has 6 heteroatoms. The van der Waals surface area contributed by atoms with Gasteiger partial charge in [0.25, 0.3) is 0 Å². The summed E-state index contributed by atoms with van der Waals surface area (Å²) in [6.07, 6.45) is 0.538. The van der Waals surface area contributed by atoms with Crippen LogP contribution in [0.5, 0.6) is 0 Å². The summed E-state index contributed by atoms with van der Waals surface area (Å²) >= 11 is 0. The fourth-order valence-electron chi connectivity index (χ4n) is 1.50. The maximum Gasteiger partial charge on any atom is 0.225 e. The summed E-state index contributed by atoms with van der Waals surface area (Å²) in [7, 11) is -3.11. The van der Waals surface area contributed by atoms with Crippen LogP contribution >= 0.6 is 0 Å². The van der Waals surface area contributed by atoms with Gasteiger partial charge in [0.1, 0.15) is 0 Å². The zero-order chi connectivity index (χ0) is 13.6. The van der Waals surface area contributed by atoms with Gasteiger partial charge in [-0.05, 0) is 24.6 Å². The second-order valence-corrected chi connectivity index (χ2v) is 6.38. The summed E-state index contributed by atoms with van der Waals surface area (Å²) in [6.45, 7) is 1.80. The van der Waals surface area contributed by atoms with E-state index in [9.17, 15) is 13.2 Å². The summed E-state index contributed by atoms with van der Waals surface area (Å²) < 4.78 is 22.9. The third kappa shape index (κ3) is 5.18. The zero-order valence-electron chi connectivity index (χ0n) is 10.3. The molecule has 0 unspecified atom stereocenters. The second kappa shape index (κ2) is 6.39. The van der Waals surface area contributed by atoms with Crippen molar-refractivity contribution in [2.24, 2.45) is 0 Å². The number of sulfone groups is 1. The predicted molar refractivity (Wildman–Crippen MR) is 73.0 cm³/mol. The Morgan fingerprint density at radius 1 is 1.33 bits per heavy atom. The number of rotatable bonds is 6. The Morgan fingerprint density at radius 3 is 2.67 bits per heavy atom. The topological polar surface area (TPSA) is 89.3 Å². The maximum absolute atomic E-state index is 11.6. The molecule has 100 valence electrons. The number of carbonyl (C=O) groups excluding carboxylic acids is 1. The van der Waals surface area contributed by atoms with Gasteiger partial charge in [0, 0.05) is 23.5 Å². The van der Waals surface area contributed by atoms with Gasteiger partial charge in [-0.2, -0.15) is 0 Å². The summed E-state index contributed by atoms with van der Waals surface area (Å²) in [4.78, 5) is 11.6. The minimum absolute atomic E-state index is 0.0306. The molecular weight excluding hydrogens is 252 g/mol. The van der Waals surface area contributed by atoms with E-state index >= 15 is 0 Å². The fraction of sp³-hybridized carbons (Fsp3) is 0.417. The van der Waals surface area contributed by atoms with Gasteiger partial charge in [0.2, 0.25) is 5.91 Å². The standard InChI is InChI=1S/C12H18N2O3S/c1-2-7-18(16,17)8-6-12(15)14-11-5-3-4-10(13)9-11/h3-5,9H,2,6-8,13H2,1H3,(H,14,15). The molecule has 0 bridgehead atoms. The molecule has 1 aromatic carbocycles. The molecular formula is C12H18N2O3S. The van der Waals surface area contributed by atoms with Crippen LogP contribution in [-0.2, 0) is 14.6 Å². The number of hydrogen-bond donors (Lipinski definition) is 2. The first kappa shape index (κ1) is 14.5. The average molecular weight is 270 g/mol. The van der Waals surface area contributed by atoms with Crippen molar-refractivity contribution in [3.8, 4) is 0 Å². The Labute approximate surface area is 107 Å². The molecule has 0 saturated carbocycles. The molecule has 1 aromatic rings. The van der Waals surface area contributed by atoms with E-state index in [4.69, 9.17) is 5.73 Å². The summed E-state index contributed by atoms with van der Waals surface area (Å²) in [5.41, 5.74) is 6.69. The van der Waals surface area contributed by atoms with Gasteiger partial charge in [0.05, 0.1) is 5.75 Å². The first-order chi connectivity index (χ1) is 8.43. The third-order valence-electron chi connectivity index (χ3n) is 2.33. The lowest BCUT2D eigenvalue weighted by Gasteiger charge is -2.06. The molecule has 0 aliphatic carbocycles. The molecule has 3 N–H and O–H groups in total. The van der Waals surface area contributed by atoms with Crippen LogP contribution in [0.4, 0.5) is 11.4 Å². The largest absolute Gasteiger partial charge is 0.399 e. The Bertz CT molecular complexity index is 512. The van der Waals surface area contributed by atoms with E-state index in [1.165, 1.54) is 0 Å². The lowest BCUT2D eigenvalue weighted by Crippen LogP contribution is -2.18. The second-order valence-electron chi connectivity index (χ2n) is 4.08. The van der Waals surface area contributed by atoms with Crippen molar-refractivity contribution in [1.29, 1.82) is 0 Å². The molecule has 0 aliphatic heterocycles. The lowest BCUT2D eigenvalue weighted by molar-refractivity contribution is -0.115. The first-order valence-corrected chi connectivity index (χ1v) is 7.61. The maximum atomic E-state index is 11.6. The van der Waals surface area contributed by atoms with Gasteiger partial charge in [0.15, 0.2) is 9.84 Å². The van der Waals surface area contributed by atoms with E-state index in [2.05, 4.69) is 5.32 Å². The highest BCUT2D eigenvalue weighted by Crippen LogP contribution is 2.12. The Kier molecular flexibility index (Phi) is 5.15. The summed E-state index contributed by atoms with van der Waals surface area (Å²) in [5, 5.41) is 2.61. The van der Waals surface area contributed by atoms with Crippen LogP contribution in [0, 0.1) is 0 Å². The smallest absolute Gasteiger partial charge is 0.225 e. The molecule has 0 saturated heterocycles. The molecule has 1 rings (SSSR count). The normalized spacial score (nSPS) is 11.2. The van der Waals surface area contributed by atoms with Gasteiger partial charge in [-0.25, -0.2) is 8.42 Å². The van der Waals surface area contributed by atoms with Crippen molar-refractivity contribution >= 4 is 27.1 Å². The Morgan fingerprint density at radius 2 is 2.06 bits per heavy atom. The molecule has 1 amide bonds. The van der Waals surface area contributed by atoms with Crippen molar-refractivity contribution in [2.75, 3.05) is 22.6 Å². The molecule has 18 heavy (non-hydrogen) atoms. The highest BCUT2D eigenvalue weighted by Gasteiger charge is 2.12. The van der Waals surface area contributed by atoms with Crippen molar-refractivity contribution in [2.45, 2.75) is 19.8 Å². The van der Waals surface area contributed by atoms with E-state index in [0.29, 0.717) is 17.8 Å². The van der Waals surface area contributed by atoms with Gasteiger partial charge >= 0.3 is 0 Å². The lowest BCUT2D eigenvalue weighted by atomic mass is 10.3. The SMILES string of the molecule is CCCS(=O)(=O)CCC(=O)Nc1cccc(N)c1. The molecule has 5 nitrogen and oxygen atoms in total. The first-order valence-electron chi connectivity index (χ1n) is 5.79. The highest BCUT2D eigenvalue weighted by molar-refractivity contribution is 7.91. The number of anilines is 2. The van der Waals surface area contributed by atoms with Crippen LogP contribution in [-0.4, -0.2) is 25.8 Å². The number of nitrogens with two attached hydrogens (primary N) is 1. The molecule has 0 spiro atoms. The van der Waals surface area contributed by atoms with Crippen molar-refractivity contribution in [3.63, 3.8) is 0 Å². The summed E-state index contributed by atoms with van der Waals surface area (Å²) in [5.74, 6) is -0.312. The van der Waals surface area contributed by atoms with Gasteiger partial charge in [-0.1, -0.05) is 13.0 Å². The third-order valence-corrected chi connectivity index (χ3v) is 4.18. The summed E-state index contributed by atoms with van der Waals surface area (Å²) in [6, 6.07) is 6.76. The monoisotopic (exact) mass is 270 g/mol. The number of carbonyl (C=O) groups is 1. The zero-order valence-corrected chi connectivity index (χ0v) is 11.2. The van der Waals surface area contributed by atoms with Crippen molar-refractivity contribution < 1.29 is 13.2 Å². The number of hydrogen-bond acceptors (Lipinski definition) is 4. The average Bonchev–Trinajstić information content (AvgIpc) is 2.26. The number of benzene rings is 1. The van der Waals surface area contributed by atoms with E-state index in [1.807, 2.05) is 0 Å². The van der Waals surface area contributed by atoms with Crippen LogP contribution in [0.2, 0.25) is 0 Å². The van der Waals surface area contributed by atoms with E-state index < -0.39 is 9.84 Å². The van der Waals surface area contributed by atoms with Gasteiger partial charge < -0.3 is 11.1 Å². The van der Waals surface area contributed by atoms with Crippen LogP contribution in [0.3, 0.4) is 0 Å². The van der Waals surface area contributed by atoms with Crippen molar-refractivity contribution in [1.82, 2.24) is 0 Å². The van der Waals surface area contributed by atoms with Crippen LogP contribution in [0.25, 0.3) is 0 Å². The Hall–Kier alpha value is -1.56. The molecule has 0 fully saturated rings. The van der Waals surface area contributed by atoms with Crippen LogP contribution in [0.1, 0.15) is 19.8 Å². The number of amides is 1. The van der Waals surface area contributed by atoms with Crippen molar-refractivity contribution in [3.05, 3.63) is 24.3 Å².